The summed E-state index contributed by atoms with van der Waals surface area (Å²) in [5.41, 5.74) is 1.69. The van der Waals surface area contributed by atoms with Crippen LogP contribution >= 0.6 is 35.0 Å². The Kier molecular flexibility index (Phi) is 10.4. The molecule has 0 heterocycles. The van der Waals surface area contributed by atoms with Crippen molar-refractivity contribution in [1.29, 1.82) is 0 Å². The summed E-state index contributed by atoms with van der Waals surface area (Å²) in [7, 11) is 0. The van der Waals surface area contributed by atoms with Crippen LogP contribution < -0.4 is 16.0 Å². The van der Waals surface area contributed by atoms with E-state index in [1.54, 1.807) is 84.9 Å². The van der Waals surface area contributed by atoms with Crippen LogP contribution in [0.3, 0.4) is 0 Å². The molecule has 11 heteroatoms. The molecule has 0 unspecified atom stereocenters. The zero-order valence-electron chi connectivity index (χ0n) is 21.8. The van der Waals surface area contributed by atoms with Gasteiger partial charge in [-0.3, -0.25) is 14.4 Å². The molecule has 4 aromatic carbocycles. The second kappa shape index (κ2) is 14.4. The number of carbonyl (C=O) groups excluding carboxylic acids is 3. The van der Waals surface area contributed by atoms with Crippen molar-refractivity contribution in [2.45, 2.75) is 4.90 Å². The first-order chi connectivity index (χ1) is 20.2. The van der Waals surface area contributed by atoms with Gasteiger partial charge in [0.05, 0.1) is 21.4 Å². The quantitative estimate of drug-likeness (QED) is 0.114. The van der Waals surface area contributed by atoms with Crippen molar-refractivity contribution in [3.05, 3.63) is 129 Å². The van der Waals surface area contributed by atoms with E-state index in [-0.39, 0.29) is 27.9 Å². The van der Waals surface area contributed by atoms with Crippen LogP contribution in [0.15, 0.2) is 108 Å². The number of hydrogen-bond donors (Lipinski definition) is 4. The van der Waals surface area contributed by atoms with Gasteiger partial charge in [0.15, 0.2) is 0 Å². The molecule has 0 atom stereocenters. The Balaban J connectivity index is 1.42. The lowest BCUT2D eigenvalue weighted by molar-refractivity contribution is -0.114. The van der Waals surface area contributed by atoms with E-state index in [0.717, 1.165) is 4.90 Å². The van der Waals surface area contributed by atoms with Crippen LogP contribution in [0.4, 0.5) is 11.4 Å². The van der Waals surface area contributed by atoms with E-state index in [1.165, 1.54) is 30.0 Å². The number of amides is 3. The van der Waals surface area contributed by atoms with E-state index in [9.17, 15) is 19.2 Å². The molecular weight excluding hydrogens is 597 g/mol. The van der Waals surface area contributed by atoms with Crippen molar-refractivity contribution in [3.63, 3.8) is 0 Å². The molecule has 0 fully saturated rings. The van der Waals surface area contributed by atoms with Crippen LogP contribution in [-0.4, -0.2) is 34.6 Å². The number of hydrogen-bond acceptors (Lipinski definition) is 5. The van der Waals surface area contributed by atoms with Crippen molar-refractivity contribution in [2.75, 3.05) is 16.4 Å². The summed E-state index contributed by atoms with van der Waals surface area (Å²) in [5.74, 6) is -2.36. The molecule has 42 heavy (non-hydrogen) atoms. The zero-order chi connectivity index (χ0) is 30.1. The van der Waals surface area contributed by atoms with E-state index in [2.05, 4.69) is 16.0 Å². The second-order valence-corrected chi connectivity index (χ2v) is 10.6. The van der Waals surface area contributed by atoms with Gasteiger partial charge in [0.25, 0.3) is 11.8 Å². The minimum atomic E-state index is -1.08. The Hall–Kier alpha value is -4.57. The van der Waals surface area contributed by atoms with Gasteiger partial charge in [-0.25, -0.2) is 4.79 Å². The molecule has 0 bridgehead atoms. The lowest BCUT2D eigenvalue weighted by atomic mass is 10.1. The number of anilines is 2. The summed E-state index contributed by atoms with van der Waals surface area (Å²) in [6.45, 7) is 0. The van der Waals surface area contributed by atoms with Crippen molar-refractivity contribution in [1.82, 2.24) is 5.32 Å². The minimum Gasteiger partial charge on any atom is -0.478 e. The van der Waals surface area contributed by atoms with Gasteiger partial charge in [0.2, 0.25) is 5.91 Å². The van der Waals surface area contributed by atoms with E-state index < -0.39 is 17.8 Å². The maximum absolute atomic E-state index is 13.3. The SMILES string of the molecule is O=C(CSc1ccc(NC(=O)/C(=C/c2cccc(Cl)c2Cl)NC(=O)c2ccccc2)cc1)Nc1cccc(C(=O)O)c1. The molecular formula is C31H23Cl2N3O5S. The zero-order valence-corrected chi connectivity index (χ0v) is 24.1. The lowest BCUT2D eigenvalue weighted by Crippen LogP contribution is -2.30. The molecule has 0 aliphatic carbocycles. The van der Waals surface area contributed by atoms with Crippen molar-refractivity contribution < 1.29 is 24.3 Å². The van der Waals surface area contributed by atoms with Crippen LogP contribution in [-0.2, 0) is 9.59 Å². The third kappa shape index (κ3) is 8.47. The van der Waals surface area contributed by atoms with E-state index in [0.29, 0.717) is 27.5 Å². The highest BCUT2D eigenvalue weighted by atomic mass is 35.5. The number of carboxylic acid groups (broad SMARTS) is 1. The van der Waals surface area contributed by atoms with Crippen LogP contribution in [0.1, 0.15) is 26.3 Å². The number of carbonyl (C=O) groups is 4. The number of aromatic carboxylic acids is 1. The van der Waals surface area contributed by atoms with Gasteiger partial charge in [-0.1, -0.05) is 59.6 Å². The highest BCUT2D eigenvalue weighted by molar-refractivity contribution is 8.00. The van der Waals surface area contributed by atoms with Gasteiger partial charge in [-0.2, -0.15) is 0 Å². The maximum Gasteiger partial charge on any atom is 0.335 e. The van der Waals surface area contributed by atoms with Gasteiger partial charge in [0.1, 0.15) is 5.70 Å². The Labute approximate surface area is 255 Å². The monoisotopic (exact) mass is 619 g/mol. The predicted molar refractivity (Wildman–Crippen MR) is 166 cm³/mol. The molecule has 0 saturated carbocycles. The molecule has 8 nitrogen and oxygen atoms in total. The minimum absolute atomic E-state index is 0.0462. The molecule has 0 spiro atoms. The van der Waals surface area contributed by atoms with Crippen LogP contribution in [0, 0.1) is 0 Å². The van der Waals surface area contributed by atoms with Gasteiger partial charge in [-0.05, 0) is 72.3 Å². The number of rotatable bonds is 10. The van der Waals surface area contributed by atoms with Crippen LogP contribution in [0.2, 0.25) is 10.0 Å². The molecule has 212 valence electrons. The molecule has 4 aromatic rings. The summed E-state index contributed by atoms with van der Waals surface area (Å²) in [6.07, 6.45) is 1.44. The number of benzene rings is 4. The normalized spacial score (nSPS) is 11.0. The van der Waals surface area contributed by atoms with Gasteiger partial charge in [-0.15, -0.1) is 11.8 Å². The van der Waals surface area contributed by atoms with Crippen molar-refractivity contribution in [2.24, 2.45) is 0 Å². The first-order valence-corrected chi connectivity index (χ1v) is 14.1. The number of carboxylic acids is 1. The standard InChI is InChI=1S/C31H23Cl2N3O5S/c32-25-11-5-8-20(28(25)33)17-26(36-29(38)19-6-2-1-3-7-19)30(39)35-22-12-14-24(15-13-22)42-18-27(37)34-23-10-4-9-21(16-23)31(40)41/h1-17H,18H2,(H,34,37)(H,35,39)(H,36,38)(H,40,41)/b26-17-. The van der Waals surface area contributed by atoms with Gasteiger partial charge < -0.3 is 21.1 Å². The fourth-order valence-corrected chi connectivity index (χ4v) is 4.70. The summed E-state index contributed by atoms with van der Waals surface area (Å²) in [5, 5.41) is 17.7. The first kappa shape index (κ1) is 30.4. The second-order valence-electron chi connectivity index (χ2n) is 8.72. The number of thioether (sulfide) groups is 1. The van der Waals surface area contributed by atoms with Gasteiger partial charge in [0, 0.05) is 21.8 Å². The Bertz CT molecular complexity index is 1660. The molecule has 0 aromatic heterocycles. The van der Waals surface area contributed by atoms with E-state index >= 15 is 0 Å². The highest BCUT2D eigenvalue weighted by Gasteiger charge is 2.16. The maximum atomic E-state index is 13.3. The summed E-state index contributed by atoms with van der Waals surface area (Å²) >= 11 is 13.7. The fraction of sp³-hybridized carbons (Fsp3) is 0.0323. The Morgan fingerprint density at radius 1 is 0.762 bits per heavy atom. The van der Waals surface area contributed by atoms with E-state index in [1.807, 2.05) is 0 Å². The molecule has 3 amide bonds. The summed E-state index contributed by atoms with van der Waals surface area (Å²) in [6, 6.07) is 26.2. The highest BCUT2D eigenvalue weighted by Crippen LogP contribution is 2.27. The first-order valence-electron chi connectivity index (χ1n) is 12.4. The molecule has 0 saturated heterocycles. The predicted octanol–water partition coefficient (Wildman–Crippen LogP) is 6.83. The largest absolute Gasteiger partial charge is 0.478 e. The lowest BCUT2D eigenvalue weighted by Gasteiger charge is -2.12. The molecule has 4 N–H and O–H groups in total. The summed E-state index contributed by atoms with van der Waals surface area (Å²) in [4.78, 5) is 50.3. The third-order valence-electron chi connectivity index (χ3n) is 5.69. The Morgan fingerprint density at radius 2 is 1.45 bits per heavy atom. The number of nitrogens with one attached hydrogen (secondary N) is 3. The van der Waals surface area contributed by atoms with Crippen LogP contribution in [0.5, 0.6) is 0 Å². The Morgan fingerprint density at radius 3 is 2.17 bits per heavy atom. The number of halogens is 2. The average Bonchev–Trinajstić information content (AvgIpc) is 2.99. The molecule has 4 rings (SSSR count). The van der Waals surface area contributed by atoms with Crippen molar-refractivity contribution >= 4 is 76.1 Å². The van der Waals surface area contributed by atoms with Crippen LogP contribution in [0.25, 0.3) is 6.08 Å². The molecule has 0 aliphatic heterocycles. The topological polar surface area (TPSA) is 125 Å². The van der Waals surface area contributed by atoms with Gasteiger partial charge >= 0.3 is 5.97 Å². The summed E-state index contributed by atoms with van der Waals surface area (Å²) < 4.78 is 0. The fourth-order valence-electron chi connectivity index (χ4n) is 3.64. The third-order valence-corrected chi connectivity index (χ3v) is 7.53. The average molecular weight is 621 g/mol. The molecule has 0 aliphatic rings. The van der Waals surface area contributed by atoms with Crippen molar-refractivity contribution in [3.8, 4) is 0 Å². The molecule has 0 radical (unpaired) electrons. The van der Waals surface area contributed by atoms with E-state index in [4.69, 9.17) is 28.3 Å². The smallest absolute Gasteiger partial charge is 0.335 e.